The van der Waals surface area contributed by atoms with Crippen LogP contribution in [-0.4, -0.2) is 12.2 Å². The van der Waals surface area contributed by atoms with Crippen LogP contribution in [0.25, 0.3) is 39.0 Å². The van der Waals surface area contributed by atoms with Crippen LogP contribution in [0.3, 0.4) is 0 Å². The van der Waals surface area contributed by atoms with Crippen molar-refractivity contribution in [1.29, 1.82) is 0 Å². The van der Waals surface area contributed by atoms with Crippen LogP contribution in [0, 0.1) is 0 Å². The maximum absolute atomic E-state index is 10.1. The molecule has 4 heterocycles. The number of hydrogen-bond donors (Lipinski definition) is 1. The highest BCUT2D eigenvalue weighted by atomic mass is 32.1. The van der Waals surface area contributed by atoms with Crippen molar-refractivity contribution >= 4 is 84.3 Å². The average Bonchev–Trinajstić information content (AvgIpc) is 3.24. The Morgan fingerprint density at radius 3 is 2.18 bits per heavy atom. The van der Waals surface area contributed by atoms with Gasteiger partial charge in [0.2, 0.25) is 0 Å². The van der Waals surface area contributed by atoms with Gasteiger partial charge in [0.25, 0.3) is 0 Å². The Hall–Kier alpha value is -1.18. The molecule has 0 saturated carbocycles. The molecule has 5 rings (SSSR count). The lowest BCUT2D eigenvalue weighted by molar-refractivity contribution is 0.285. The molecule has 22 heavy (non-hydrogen) atoms. The first kappa shape index (κ1) is 13.3. The molecule has 2 nitrogen and oxygen atoms in total. The number of thiophene rings is 4. The minimum Gasteiger partial charge on any atom is -0.495 e. The average molecular weight is 363 g/mol. The summed E-state index contributed by atoms with van der Waals surface area (Å²) >= 11 is 7.01. The van der Waals surface area contributed by atoms with E-state index in [1.54, 1.807) is 52.5 Å². The van der Waals surface area contributed by atoms with Crippen molar-refractivity contribution in [2.75, 3.05) is 7.11 Å². The molecule has 0 aliphatic heterocycles. The summed E-state index contributed by atoms with van der Waals surface area (Å²) in [5.74, 6) is 0.962. The van der Waals surface area contributed by atoms with Gasteiger partial charge in [-0.2, -0.15) is 0 Å². The lowest BCUT2D eigenvalue weighted by Gasteiger charge is -2.08. The van der Waals surface area contributed by atoms with Gasteiger partial charge in [0.15, 0.2) is 0 Å². The third-order valence-electron chi connectivity index (χ3n) is 3.96. The molecule has 0 aliphatic carbocycles. The van der Waals surface area contributed by atoms with Crippen LogP contribution in [0.15, 0.2) is 22.9 Å². The lowest BCUT2D eigenvalue weighted by atomic mass is 10.1. The van der Waals surface area contributed by atoms with E-state index in [2.05, 4.69) is 22.9 Å². The molecule has 0 amide bonds. The molecular formula is C16H10O2S4. The Bertz CT molecular complexity index is 1060. The molecule has 110 valence electrons. The molecule has 0 bridgehead atoms. The fourth-order valence-electron chi connectivity index (χ4n) is 3.07. The van der Waals surface area contributed by atoms with Crippen molar-refractivity contribution < 1.29 is 9.84 Å². The van der Waals surface area contributed by atoms with Gasteiger partial charge in [0, 0.05) is 25.0 Å². The van der Waals surface area contributed by atoms with Gasteiger partial charge in [-0.3, -0.25) is 0 Å². The first-order valence-corrected chi connectivity index (χ1v) is 10.1. The summed E-state index contributed by atoms with van der Waals surface area (Å²) in [5.41, 5.74) is 1.05. The second kappa shape index (κ2) is 4.66. The van der Waals surface area contributed by atoms with Gasteiger partial charge >= 0.3 is 0 Å². The van der Waals surface area contributed by atoms with Crippen LogP contribution in [-0.2, 0) is 6.61 Å². The number of fused-ring (bicyclic) bond motifs is 6. The van der Waals surface area contributed by atoms with Crippen LogP contribution in [0.5, 0.6) is 5.75 Å². The van der Waals surface area contributed by atoms with Crippen molar-refractivity contribution in [2.24, 2.45) is 0 Å². The molecule has 0 saturated heterocycles. The molecule has 1 N–H and O–H groups in total. The fourth-order valence-corrected chi connectivity index (χ4v) is 7.91. The van der Waals surface area contributed by atoms with Gasteiger partial charge in [0.05, 0.1) is 33.2 Å². The molecule has 4 aromatic heterocycles. The van der Waals surface area contributed by atoms with E-state index in [-0.39, 0.29) is 6.61 Å². The van der Waals surface area contributed by atoms with E-state index < -0.39 is 0 Å². The molecule has 0 atom stereocenters. The quantitative estimate of drug-likeness (QED) is 0.414. The maximum Gasteiger partial charge on any atom is 0.146 e. The van der Waals surface area contributed by atoms with Gasteiger partial charge in [-0.25, -0.2) is 0 Å². The molecule has 0 fully saturated rings. The number of aliphatic hydroxyl groups is 1. The molecule has 5 aromatic rings. The van der Waals surface area contributed by atoms with E-state index in [0.717, 1.165) is 16.0 Å². The predicted molar refractivity (Wildman–Crippen MR) is 100 cm³/mol. The summed E-state index contributed by atoms with van der Waals surface area (Å²) in [6, 6.07) is 4.31. The first-order valence-electron chi connectivity index (χ1n) is 6.72. The normalized spacial score (nSPS) is 12.3. The third-order valence-corrected chi connectivity index (χ3v) is 8.45. The van der Waals surface area contributed by atoms with E-state index in [1.165, 1.54) is 34.3 Å². The molecule has 0 aliphatic rings. The van der Waals surface area contributed by atoms with Crippen LogP contribution in [0.1, 0.15) is 5.56 Å². The monoisotopic (exact) mass is 362 g/mol. The summed E-state index contributed by atoms with van der Waals surface area (Å²) in [6.07, 6.45) is 0. The zero-order chi connectivity index (χ0) is 14.8. The van der Waals surface area contributed by atoms with Gasteiger partial charge in [-0.05, 0) is 22.9 Å². The van der Waals surface area contributed by atoms with Gasteiger partial charge in [0.1, 0.15) is 5.75 Å². The van der Waals surface area contributed by atoms with Gasteiger partial charge in [-0.15, -0.1) is 45.3 Å². The second-order valence-corrected chi connectivity index (χ2v) is 8.95. The number of benzene rings is 1. The minimum atomic E-state index is 0.0640. The highest BCUT2D eigenvalue weighted by Crippen LogP contribution is 2.52. The van der Waals surface area contributed by atoms with E-state index >= 15 is 0 Å². The van der Waals surface area contributed by atoms with Crippen molar-refractivity contribution in [2.45, 2.75) is 6.61 Å². The number of hydrogen-bond acceptors (Lipinski definition) is 6. The van der Waals surface area contributed by atoms with E-state index in [0.29, 0.717) is 0 Å². The number of aliphatic hydroxyl groups excluding tert-OH is 1. The topological polar surface area (TPSA) is 29.5 Å². The number of ether oxygens (including phenoxy) is 1. The second-order valence-electron chi connectivity index (χ2n) is 5.01. The SMILES string of the molecule is COc1c2sc3ccsc3c2c(CO)c2sc3ccsc3c12. The van der Waals surface area contributed by atoms with E-state index in [1.807, 2.05) is 0 Å². The summed E-state index contributed by atoms with van der Waals surface area (Å²) in [5, 5.41) is 16.6. The van der Waals surface area contributed by atoms with Gasteiger partial charge in [-0.1, -0.05) is 0 Å². The zero-order valence-electron chi connectivity index (χ0n) is 11.5. The Morgan fingerprint density at radius 2 is 1.55 bits per heavy atom. The van der Waals surface area contributed by atoms with Crippen molar-refractivity contribution in [3.05, 3.63) is 28.5 Å². The van der Waals surface area contributed by atoms with Crippen LogP contribution < -0.4 is 4.74 Å². The van der Waals surface area contributed by atoms with E-state index in [4.69, 9.17) is 4.74 Å². The fraction of sp³-hybridized carbons (Fsp3) is 0.125. The molecule has 6 heteroatoms. The smallest absolute Gasteiger partial charge is 0.146 e. The predicted octanol–water partition coefficient (Wildman–Crippen LogP) is 6.05. The van der Waals surface area contributed by atoms with Crippen molar-refractivity contribution in [1.82, 2.24) is 0 Å². The Labute approximate surface area is 141 Å². The maximum atomic E-state index is 10.1. The minimum absolute atomic E-state index is 0.0640. The first-order chi connectivity index (χ1) is 10.8. The highest BCUT2D eigenvalue weighted by Gasteiger charge is 2.23. The van der Waals surface area contributed by atoms with Gasteiger partial charge < -0.3 is 9.84 Å². The molecule has 0 radical (unpaired) electrons. The molecule has 0 spiro atoms. The van der Waals surface area contributed by atoms with Crippen molar-refractivity contribution in [3.63, 3.8) is 0 Å². The highest BCUT2D eigenvalue weighted by molar-refractivity contribution is 7.34. The summed E-state index contributed by atoms with van der Waals surface area (Å²) in [7, 11) is 1.75. The molecule has 0 unspecified atom stereocenters. The summed E-state index contributed by atoms with van der Waals surface area (Å²) in [6.45, 7) is 0.0640. The zero-order valence-corrected chi connectivity index (χ0v) is 14.8. The number of methoxy groups -OCH3 is 1. The Kier molecular flexibility index (Phi) is 2.81. The van der Waals surface area contributed by atoms with Crippen LogP contribution in [0.4, 0.5) is 0 Å². The Balaban J connectivity index is 2.17. The van der Waals surface area contributed by atoms with Crippen LogP contribution in [0.2, 0.25) is 0 Å². The Morgan fingerprint density at radius 1 is 0.909 bits per heavy atom. The number of rotatable bonds is 2. The van der Waals surface area contributed by atoms with Crippen molar-refractivity contribution in [3.8, 4) is 5.75 Å². The van der Waals surface area contributed by atoms with E-state index in [9.17, 15) is 5.11 Å². The summed E-state index contributed by atoms with van der Waals surface area (Å²) in [4.78, 5) is 0. The lowest BCUT2D eigenvalue weighted by Crippen LogP contribution is -1.89. The summed E-state index contributed by atoms with van der Waals surface area (Å²) < 4.78 is 13.2. The third kappa shape index (κ3) is 1.51. The molecule has 1 aromatic carbocycles. The molecular weight excluding hydrogens is 352 g/mol. The largest absolute Gasteiger partial charge is 0.495 e. The van der Waals surface area contributed by atoms with Crippen LogP contribution >= 0.6 is 45.3 Å². The standard InChI is InChI=1S/C16H10O2S4/c1-18-12-11-13(21-9-3-5-20-15(9)11)7(6-17)10-14-8(2-4-19-14)22-16(10)12/h2-5,17H,6H2,1H3.